The molecular formula is C11H15NO3. The standard InChI is InChI=1S/C11H15NO3/c1-8-4-5-10(15-8)11(14)12-6-2-3-9(12)7-13/h4-5,9,13H,2-3,6-7H2,1H3/t9-/m1/s1. The third-order valence-corrected chi connectivity index (χ3v) is 2.80. The zero-order valence-electron chi connectivity index (χ0n) is 8.77. The first-order valence-electron chi connectivity index (χ1n) is 5.20. The van der Waals surface area contributed by atoms with E-state index < -0.39 is 0 Å². The molecule has 1 aliphatic heterocycles. The fraction of sp³-hybridized carbons (Fsp3) is 0.545. The van der Waals surface area contributed by atoms with Crippen molar-refractivity contribution < 1.29 is 14.3 Å². The zero-order valence-corrected chi connectivity index (χ0v) is 8.77. The summed E-state index contributed by atoms with van der Waals surface area (Å²) in [5, 5.41) is 9.11. The van der Waals surface area contributed by atoms with Gasteiger partial charge in [0, 0.05) is 6.54 Å². The number of aryl methyl sites for hydroxylation is 1. The Morgan fingerprint density at radius 3 is 3.07 bits per heavy atom. The van der Waals surface area contributed by atoms with E-state index in [-0.39, 0.29) is 18.6 Å². The molecule has 0 unspecified atom stereocenters. The van der Waals surface area contributed by atoms with Gasteiger partial charge in [-0.3, -0.25) is 4.79 Å². The molecule has 1 aromatic rings. The fourth-order valence-electron chi connectivity index (χ4n) is 1.98. The minimum absolute atomic E-state index is 0.0332. The Kier molecular flexibility index (Phi) is 2.77. The SMILES string of the molecule is Cc1ccc(C(=O)N2CCC[C@@H]2CO)o1. The Balaban J connectivity index is 2.13. The van der Waals surface area contributed by atoms with E-state index in [4.69, 9.17) is 9.52 Å². The van der Waals surface area contributed by atoms with Gasteiger partial charge in [-0.1, -0.05) is 0 Å². The Labute approximate surface area is 88.5 Å². The Morgan fingerprint density at radius 1 is 1.67 bits per heavy atom. The molecule has 0 aliphatic carbocycles. The monoisotopic (exact) mass is 209 g/mol. The minimum Gasteiger partial charge on any atom is -0.456 e. The number of aliphatic hydroxyl groups is 1. The molecular weight excluding hydrogens is 194 g/mol. The van der Waals surface area contributed by atoms with Gasteiger partial charge in [-0.15, -0.1) is 0 Å². The molecule has 2 heterocycles. The molecule has 0 spiro atoms. The number of amides is 1. The van der Waals surface area contributed by atoms with E-state index in [1.807, 2.05) is 6.92 Å². The third kappa shape index (κ3) is 1.90. The second-order valence-electron chi connectivity index (χ2n) is 3.89. The first-order valence-corrected chi connectivity index (χ1v) is 5.20. The molecule has 1 aliphatic rings. The second kappa shape index (κ2) is 4.06. The largest absolute Gasteiger partial charge is 0.456 e. The number of carbonyl (C=O) groups is 1. The zero-order chi connectivity index (χ0) is 10.8. The van der Waals surface area contributed by atoms with E-state index in [9.17, 15) is 4.79 Å². The molecule has 15 heavy (non-hydrogen) atoms. The van der Waals surface area contributed by atoms with Crippen LogP contribution in [0, 0.1) is 6.92 Å². The number of nitrogens with zero attached hydrogens (tertiary/aromatic N) is 1. The molecule has 1 N–H and O–H groups in total. The van der Waals surface area contributed by atoms with Gasteiger partial charge >= 0.3 is 0 Å². The van der Waals surface area contributed by atoms with Gasteiger partial charge < -0.3 is 14.4 Å². The number of likely N-dealkylation sites (tertiary alicyclic amines) is 1. The van der Waals surface area contributed by atoms with Crippen LogP contribution in [0.5, 0.6) is 0 Å². The van der Waals surface area contributed by atoms with Crippen LogP contribution in [-0.4, -0.2) is 35.1 Å². The van der Waals surface area contributed by atoms with Crippen LogP contribution in [0.4, 0.5) is 0 Å². The van der Waals surface area contributed by atoms with Crippen molar-refractivity contribution in [1.82, 2.24) is 4.90 Å². The van der Waals surface area contributed by atoms with E-state index in [1.165, 1.54) is 0 Å². The predicted octanol–water partition coefficient (Wildman–Crippen LogP) is 1.18. The Hall–Kier alpha value is -1.29. The highest BCUT2D eigenvalue weighted by Gasteiger charge is 2.30. The van der Waals surface area contributed by atoms with Crippen LogP contribution in [0.25, 0.3) is 0 Å². The van der Waals surface area contributed by atoms with Crippen LogP contribution in [0.2, 0.25) is 0 Å². The fourth-order valence-corrected chi connectivity index (χ4v) is 1.98. The quantitative estimate of drug-likeness (QED) is 0.795. The summed E-state index contributed by atoms with van der Waals surface area (Å²) >= 11 is 0. The maximum atomic E-state index is 12.0. The van der Waals surface area contributed by atoms with Crippen molar-refractivity contribution in [1.29, 1.82) is 0 Å². The lowest BCUT2D eigenvalue weighted by Gasteiger charge is -2.21. The Bertz CT molecular complexity index is 358. The first kappa shape index (κ1) is 10.2. The summed E-state index contributed by atoms with van der Waals surface area (Å²) in [6.45, 7) is 2.56. The van der Waals surface area contributed by atoms with Crippen LogP contribution < -0.4 is 0 Å². The summed E-state index contributed by atoms with van der Waals surface area (Å²) in [6.07, 6.45) is 1.83. The van der Waals surface area contributed by atoms with Crippen molar-refractivity contribution in [3.63, 3.8) is 0 Å². The van der Waals surface area contributed by atoms with Crippen LogP contribution in [0.15, 0.2) is 16.5 Å². The lowest BCUT2D eigenvalue weighted by atomic mass is 10.2. The summed E-state index contributed by atoms with van der Waals surface area (Å²) < 4.78 is 5.28. The van der Waals surface area contributed by atoms with Crippen molar-refractivity contribution in [2.75, 3.05) is 13.2 Å². The molecule has 82 valence electrons. The van der Waals surface area contributed by atoms with Gasteiger partial charge in [0.05, 0.1) is 12.6 Å². The molecule has 1 atom stereocenters. The van der Waals surface area contributed by atoms with Crippen molar-refractivity contribution in [3.8, 4) is 0 Å². The highest BCUT2D eigenvalue weighted by Crippen LogP contribution is 2.20. The van der Waals surface area contributed by atoms with Gasteiger partial charge in [0.2, 0.25) is 0 Å². The molecule has 0 radical (unpaired) electrons. The molecule has 1 saturated heterocycles. The van der Waals surface area contributed by atoms with Crippen LogP contribution in [-0.2, 0) is 0 Å². The van der Waals surface area contributed by atoms with Gasteiger partial charge in [0.25, 0.3) is 5.91 Å². The molecule has 4 nitrogen and oxygen atoms in total. The van der Waals surface area contributed by atoms with Crippen molar-refractivity contribution in [2.45, 2.75) is 25.8 Å². The topological polar surface area (TPSA) is 53.7 Å². The van der Waals surface area contributed by atoms with Crippen molar-refractivity contribution >= 4 is 5.91 Å². The van der Waals surface area contributed by atoms with Crippen molar-refractivity contribution in [3.05, 3.63) is 23.7 Å². The molecule has 1 aromatic heterocycles. The summed E-state index contributed by atoms with van der Waals surface area (Å²) in [5.41, 5.74) is 0. The molecule has 0 aromatic carbocycles. The number of aliphatic hydroxyl groups excluding tert-OH is 1. The number of rotatable bonds is 2. The smallest absolute Gasteiger partial charge is 0.289 e. The highest BCUT2D eigenvalue weighted by atomic mass is 16.3. The van der Waals surface area contributed by atoms with Gasteiger partial charge in [0.1, 0.15) is 5.76 Å². The lowest BCUT2D eigenvalue weighted by molar-refractivity contribution is 0.0645. The summed E-state index contributed by atoms with van der Waals surface area (Å²) in [7, 11) is 0. The average molecular weight is 209 g/mol. The summed E-state index contributed by atoms with van der Waals surface area (Å²) in [5.74, 6) is 0.991. The molecule has 0 bridgehead atoms. The molecule has 1 fully saturated rings. The minimum atomic E-state index is -0.111. The number of furan rings is 1. The van der Waals surface area contributed by atoms with E-state index in [2.05, 4.69) is 0 Å². The second-order valence-corrected chi connectivity index (χ2v) is 3.89. The number of hydrogen-bond acceptors (Lipinski definition) is 3. The molecule has 2 rings (SSSR count). The average Bonchev–Trinajstić information content (AvgIpc) is 2.84. The Morgan fingerprint density at radius 2 is 2.47 bits per heavy atom. The van der Waals surface area contributed by atoms with E-state index in [0.717, 1.165) is 18.6 Å². The summed E-state index contributed by atoms with van der Waals surface area (Å²) in [6, 6.07) is 3.42. The van der Waals surface area contributed by atoms with E-state index >= 15 is 0 Å². The van der Waals surface area contributed by atoms with Gasteiger partial charge in [-0.25, -0.2) is 0 Å². The number of carbonyl (C=O) groups excluding carboxylic acids is 1. The predicted molar refractivity (Wildman–Crippen MR) is 54.6 cm³/mol. The molecule has 4 heteroatoms. The molecule has 1 amide bonds. The maximum Gasteiger partial charge on any atom is 0.289 e. The van der Waals surface area contributed by atoms with Gasteiger partial charge in [-0.2, -0.15) is 0 Å². The molecule has 0 saturated carbocycles. The van der Waals surface area contributed by atoms with Gasteiger partial charge in [-0.05, 0) is 31.9 Å². The normalized spacial score (nSPS) is 20.9. The number of hydrogen-bond donors (Lipinski definition) is 1. The third-order valence-electron chi connectivity index (χ3n) is 2.80. The highest BCUT2D eigenvalue weighted by molar-refractivity contribution is 5.92. The van der Waals surface area contributed by atoms with E-state index in [0.29, 0.717) is 12.3 Å². The first-order chi connectivity index (χ1) is 7.22. The van der Waals surface area contributed by atoms with E-state index in [1.54, 1.807) is 17.0 Å². The van der Waals surface area contributed by atoms with Crippen LogP contribution in [0.1, 0.15) is 29.2 Å². The van der Waals surface area contributed by atoms with Crippen LogP contribution >= 0.6 is 0 Å². The van der Waals surface area contributed by atoms with Gasteiger partial charge in [0.15, 0.2) is 5.76 Å². The van der Waals surface area contributed by atoms with Crippen LogP contribution in [0.3, 0.4) is 0 Å². The van der Waals surface area contributed by atoms with Crippen molar-refractivity contribution in [2.24, 2.45) is 0 Å². The lowest BCUT2D eigenvalue weighted by Crippen LogP contribution is -2.37. The summed E-state index contributed by atoms with van der Waals surface area (Å²) in [4.78, 5) is 13.6. The maximum absolute atomic E-state index is 12.0.